The van der Waals surface area contributed by atoms with E-state index in [1.54, 1.807) is 0 Å². The third-order valence-corrected chi connectivity index (χ3v) is 4.44. The SMILES string of the molecule is CCCCCCCCC=CCCCCCCCCCNCC(O)O.Cl. The average molecular weight is 378 g/mol. The molecule has 0 saturated heterocycles. The van der Waals surface area contributed by atoms with E-state index in [9.17, 15) is 0 Å². The molecule has 0 aromatic heterocycles. The smallest absolute Gasteiger partial charge is 0.164 e. The van der Waals surface area contributed by atoms with Crippen LogP contribution in [-0.2, 0) is 0 Å². The molecule has 0 unspecified atom stereocenters. The van der Waals surface area contributed by atoms with Crippen LogP contribution in [0.1, 0.15) is 103 Å². The summed E-state index contributed by atoms with van der Waals surface area (Å²) in [6, 6.07) is 0. The molecule has 0 aromatic carbocycles. The van der Waals surface area contributed by atoms with Crippen molar-refractivity contribution in [2.24, 2.45) is 0 Å². The minimum absolute atomic E-state index is 0. The zero-order valence-corrected chi connectivity index (χ0v) is 17.4. The Balaban J connectivity index is 0. The summed E-state index contributed by atoms with van der Waals surface area (Å²) in [4.78, 5) is 0. The van der Waals surface area contributed by atoms with E-state index in [1.165, 1.54) is 89.9 Å². The Labute approximate surface area is 163 Å². The molecule has 3 N–H and O–H groups in total. The highest BCUT2D eigenvalue weighted by molar-refractivity contribution is 5.85. The Morgan fingerprint density at radius 3 is 1.60 bits per heavy atom. The van der Waals surface area contributed by atoms with Crippen molar-refractivity contribution in [1.82, 2.24) is 5.32 Å². The molecule has 0 saturated carbocycles. The van der Waals surface area contributed by atoms with Gasteiger partial charge in [-0.25, -0.2) is 0 Å². The molecule has 0 atom stereocenters. The van der Waals surface area contributed by atoms with Crippen molar-refractivity contribution in [3.8, 4) is 0 Å². The second-order valence-corrected chi connectivity index (χ2v) is 6.98. The van der Waals surface area contributed by atoms with E-state index in [4.69, 9.17) is 10.2 Å². The lowest BCUT2D eigenvalue weighted by molar-refractivity contribution is -0.0370. The summed E-state index contributed by atoms with van der Waals surface area (Å²) in [6.07, 6.45) is 23.5. The van der Waals surface area contributed by atoms with Gasteiger partial charge in [0.2, 0.25) is 0 Å². The second-order valence-electron chi connectivity index (χ2n) is 6.98. The van der Waals surface area contributed by atoms with E-state index in [2.05, 4.69) is 24.4 Å². The van der Waals surface area contributed by atoms with Gasteiger partial charge in [-0.05, 0) is 38.6 Å². The molecule has 0 rings (SSSR count). The van der Waals surface area contributed by atoms with Crippen molar-refractivity contribution < 1.29 is 10.2 Å². The fourth-order valence-electron chi connectivity index (χ4n) is 2.91. The number of allylic oxidation sites excluding steroid dienone is 2. The molecule has 0 spiro atoms. The van der Waals surface area contributed by atoms with Gasteiger partial charge in [0, 0.05) is 6.54 Å². The topological polar surface area (TPSA) is 52.5 Å². The maximum absolute atomic E-state index is 8.68. The largest absolute Gasteiger partial charge is 0.367 e. The lowest BCUT2D eigenvalue weighted by atomic mass is 10.1. The van der Waals surface area contributed by atoms with Gasteiger partial charge in [-0.3, -0.25) is 0 Å². The van der Waals surface area contributed by atoms with Crippen LogP contribution >= 0.6 is 12.4 Å². The van der Waals surface area contributed by atoms with Gasteiger partial charge in [-0.1, -0.05) is 83.3 Å². The molecule has 0 amide bonds. The Hall–Kier alpha value is -0.0900. The van der Waals surface area contributed by atoms with Crippen LogP contribution in [0.15, 0.2) is 12.2 Å². The Bertz CT molecular complexity index is 260. The van der Waals surface area contributed by atoms with Gasteiger partial charge >= 0.3 is 0 Å². The maximum Gasteiger partial charge on any atom is 0.164 e. The second kappa shape index (κ2) is 23.9. The van der Waals surface area contributed by atoms with Gasteiger partial charge < -0.3 is 15.5 Å². The highest BCUT2D eigenvalue weighted by atomic mass is 35.5. The first-order valence-electron chi connectivity index (χ1n) is 10.5. The van der Waals surface area contributed by atoms with E-state index < -0.39 is 6.29 Å². The molecule has 0 radical (unpaired) electrons. The van der Waals surface area contributed by atoms with Crippen molar-refractivity contribution >= 4 is 12.4 Å². The molecule has 4 heteroatoms. The Morgan fingerprint density at radius 2 is 1.12 bits per heavy atom. The molecule has 0 aliphatic rings. The van der Waals surface area contributed by atoms with E-state index in [1.807, 2.05) is 0 Å². The van der Waals surface area contributed by atoms with E-state index in [0.717, 1.165) is 13.0 Å². The van der Waals surface area contributed by atoms with Crippen molar-refractivity contribution in [2.75, 3.05) is 13.1 Å². The van der Waals surface area contributed by atoms with Crippen LogP contribution in [0.25, 0.3) is 0 Å². The van der Waals surface area contributed by atoms with Crippen LogP contribution in [-0.4, -0.2) is 29.6 Å². The van der Waals surface area contributed by atoms with Crippen molar-refractivity contribution in [3.05, 3.63) is 12.2 Å². The number of unbranched alkanes of at least 4 members (excludes halogenated alkanes) is 13. The maximum atomic E-state index is 8.68. The first-order chi connectivity index (χ1) is 11.8. The zero-order chi connectivity index (χ0) is 17.7. The zero-order valence-electron chi connectivity index (χ0n) is 16.6. The first kappa shape index (κ1) is 27.1. The number of nitrogens with one attached hydrogen (secondary N) is 1. The lowest BCUT2D eigenvalue weighted by Gasteiger charge is -2.05. The average Bonchev–Trinajstić information content (AvgIpc) is 2.56. The summed E-state index contributed by atoms with van der Waals surface area (Å²) >= 11 is 0. The minimum atomic E-state index is -1.22. The third kappa shape index (κ3) is 26.3. The summed E-state index contributed by atoms with van der Waals surface area (Å²) in [7, 11) is 0. The van der Waals surface area contributed by atoms with Gasteiger partial charge in [0.1, 0.15) is 0 Å². The molecule has 0 bridgehead atoms. The molecular weight excluding hydrogens is 334 g/mol. The predicted octanol–water partition coefficient (Wildman–Crippen LogP) is 5.74. The van der Waals surface area contributed by atoms with Gasteiger partial charge in [0.05, 0.1) is 0 Å². The first-order valence-corrected chi connectivity index (χ1v) is 10.5. The lowest BCUT2D eigenvalue weighted by Crippen LogP contribution is -2.26. The van der Waals surface area contributed by atoms with Crippen LogP contribution in [0.4, 0.5) is 0 Å². The normalized spacial score (nSPS) is 11.4. The van der Waals surface area contributed by atoms with Crippen molar-refractivity contribution in [1.29, 1.82) is 0 Å². The summed E-state index contributed by atoms with van der Waals surface area (Å²) in [5.41, 5.74) is 0. The fourth-order valence-corrected chi connectivity index (χ4v) is 2.91. The summed E-state index contributed by atoms with van der Waals surface area (Å²) in [6.45, 7) is 3.45. The van der Waals surface area contributed by atoms with Crippen LogP contribution in [0.2, 0.25) is 0 Å². The standard InChI is InChI=1S/C21H43NO2.ClH/c1-2-3-4-5-6-7-8-9-10-11-12-13-14-15-16-17-18-19-22-20-21(23)24;/h9-10,21-24H,2-8,11-20H2,1H3;1H. The van der Waals surface area contributed by atoms with Crippen LogP contribution in [0.3, 0.4) is 0 Å². The number of aliphatic hydroxyl groups excluding tert-OH is 1. The number of halogens is 1. The summed E-state index contributed by atoms with van der Waals surface area (Å²) < 4.78 is 0. The molecule has 0 aromatic rings. The number of aliphatic hydroxyl groups is 2. The van der Waals surface area contributed by atoms with Crippen molar-refractivity contribution in [2.45, 2.75) is 110 Å². The molecule has 25 heavy (non-hydrogen) atoms. The molecule has 0 fully saturated rings. The third-order valence-electron chi connectivity index (χ3n) is 4.44. The minimum Gasteiger partial charge on any atom is -0.367 e. The molecule has 0 heterocycles. The monoisotopic (exact) mass is 377 g/mol. The number of hydrogen-bond donors (Lipinski definition) is 3. The Kier molecular flexibility index (Phi) is 25.9. The Morgan fingerprint density at radius 1 is 0.680 bits per heavy atom. The van der Waals surface area contributed by atoms with Gasteiger partial charge in [-0.15, -0.1) is 12.4 Å². The van der Waals surface area contributed by atoms with Gasteiger partial charge in [0.25, 0.3) is 0 Å². The van der Waals surface area contributed by atoms with E-state index in [-0.39, 0.29) is 19.0 Å². The molecular formula is C21H44ClNO2. The molecule has 152 valence electrons. The fraction of sp³-hybridized carbons (Fsp3) is 0.905. The quantitative estimate of drug-likeness (QED) is 0.153. The van der Waals surface area contributed by atoms with Gasteiger partial charge in [0.15, 0.2) is 6.29 Å². The molecule has 0 aliphatic carbocycles. The predicted molar refractivity (Wildman–Crippen MR) is 112 cm³/mol. The van der Waals surface area contributed by atoms with Gasteiger partial charge in [-0.2, -0.15) is 0 Å². The summed E-state index contributed by atoms with van der Waals surface area (Å²) in [5, 5.41) is 20.4. The van der Waals surface area contributed by atoms with Crippen LogP contribution in [0, 0.1) is 0 Å². The number of rotatable bonds is 19. The summed E-state index contributed by atoms with van der Waals surface area (Å²) in [5.74, 6) is 0. The highest BCUT2D eigenvalue weighted by Crippen LogP contribution is 2.10. The van der Waals surface area contributed by atoms with E-state index >= 15 is 0 Å². The molecule has 3 nitrogen and oxygen atoms in total. The highest BCUT2D eigenvalue weighted by Gasteiger charge is 1.95. The van der Waals surface area contributed by atoms with Crippen LogP contribution in [0.5, 0.6) is 0 Å². The van der Waals surface area contributed by atoms with Crippen molar-refractivity contribution in [3.63, 3.8) is 0 Å². The molecule has 0 aliphatic heterocycles. The number of hydrogen-bond acceptors (Lipinski definition) is 3. The van der Waals surface area contributed by atoms with Crippen LogP contribution < -0.4 is 5.32 Å². The van der Waals surface area contributed by atoms with E-state index in [0.29, 0.717) is 0 Å².